The number of carbonyl (C=O) groups is 3. The first-order valence-electron chi connectivity index (χ1n) is 8.51. The molecule has 0 fully saturated rings. The van der Waals surface area contributed by atoms with E-state index in [4.69, 9.17) is 4.74 Å². The Balaban J connectivity index is 2.24. The molecule has 0 bridgehead atoms. The lowest BCUT2D eigenvalue weighted by Gasteiger charge is -2.10. The number of esters is 1. The molecule has 2 rings (SSSR count). The highest BCUT2D eigenvalue weighted by Crippen LogP contribution is 2.18. The van der Waals surface area contributed by atoms with Gasteiger partial charge < -0.3 is 4.74 Å². The van der Waals surface area contributed by atoms with Gasteiger partial charge in [-0.25, -0.2) is 4.79 Å². The van der Waals surface area contributed by atoms with Crippen molar-refractivity contribution in [1.29, 1.82) is 0 Å². The van der Waals surface area contributed by atoms with Crippen LogP contribution in [-0.4, -0.2) is 24.6 Å². The normalized spacial score (nSPS) is 10.2. The van der Waals surface area contributed by atoms with Crippen molar-refractivity contribution in [2.45, 2.75) is 25.7 Å². The van der Waals surface area contributed by atoms with Gasteiger partial charge in [0.25, 0.3) is 0 Å². The van der Waals surface area contributed by atoms with E-state index in [2.05, 4.69) is 6.58 Å². The van der Waals surface area contributed by atoms with Crippen molar-refractivity contribution in [2.24, 2.45) is 0 Å². The maximum Gasteiger partial charge on any atom is 0.338 e. The Kier molecular flexibility index (Phi) is 7.03. The smallest absolute Gasteiger partial charge is 0.338 e. The average Bonchev–Trinajstić information content (AvgIpc) is 2.67. The summed E-state index contributed by atoms with van der Waals surface area (Å²) >= 11 is 0. The van der Waals surface area contributed by atoms with Crippen LogP contribution in [0.25, 0.3) is 0 Å². The molecule has 0 atom stereocenters. The number of hydrogen-bond acceptors (Lipinski definition) is 4. The molecule has 0 unspecified atom stereocenters. The summed E-state index contributed by atoms with van der Waals surface area (Å²) in [6.07, 6.45) is 3.76. The van der Waals surface area contributed by atoms with E-state index >= 15 is 0 Å². The summed E-state index contributed by atoms with van der Waals surface area (Å²) in [6.45, 7) is 3.66. The number of benzene rings is 2. The molecular formula is C22H22O4. The van der Waals surface area contributed by atoms with Crippen LogP contribution in [0, 0.1) is 0 Å². The molecule has 0 aliphatic rings. The lowest BCUT2D eigenvalue weighted by molar-refractivity contribution is 0.0596. The van der Waals surface area contributed by atoms with Gasteiger partial charge in [-0.05, 0) is 24.5 Å². The van der Waals surface area contributed by atoms with Crippen LogP contribution < -0.4 is 0 Å². The first-order valence-corrected chi connectivity index (χ1v) is 8.51. The molecule has 0 saturated carbocycles. The van der Waals surface area contributed by atoms with Crippen LogP contribution in [0.4, 0.5) is 0 Å². The molecule has 0 radical (unpaired) electrons. The fourth-order valence-electron chi connectivity index (χ4n) is 2.77. The zero-order valence-electron chi connectivity index (χ0n) is 14.9. The van der Waals surface area contributed by atoms with E-state index in [1.807, 2.05) is 0 Å². The lowest BCUT2D eigenvalue weighted by Crippen LogP contribution is -2.14. The standard InChI is InChI=1S/C22H22O4/c1-3-4-5-14-20(23)17-11-7-6-10-16(17)15-21(24)18-12-8-9-13-19(18)22(25)26-2/h3,6-13H,1,4-5,14-15H2,2H3. The summed E-state index contributed by atoms with van der Waals surface area (Å²) in [4.78, 5) is 37.1. The van der Waals surface area contributed by atoms with E-state index in [1.54, 1.807) is 54.6 Å². The second-order valence-corrected chi connectivity index (χ2v) is 5.90. The molecule has 0 spiro atoms. The summed E-state index contributed by atoms with van der Waals surface area (Å²) < 4.78 is 4.74. The summed E-state index contributed by atoms with van der Waals surface area (Å²) in [6, 6.07) is 13.7. The maximum absolute atomic E-state index is 12.8. The third kappa shape index (κ3) is 4.76. The van der Waals surface area contributed by atoms with Gasteiger partial charge in [-0.2, -0.15) is 0 Å². The number of carbonyl (C=O) groups excluding carboxylic acids is 3. The first kappa shape index (κ1) is 19.3. The Morgan fingerprint density at radius 2 is 1.54 bits per heavy atom. The van der Waals surface area contributed by atoms with Gasteiger partial charge in [-0.15, -0.1) is 6.58 Å². The summed E-state index contributed by atoms with van der Waals surface area (Å²) in [5, 5.41) is 0. The molecule has 26 heavy (non-hydrogen) atoms. The van der Waals surface area contributed by atoms with Gasteiger partial charge in [0.1, 0.15) is 0 Å². The number of hydrogen-bond donors (Lipinski definition) is 0. The van der Waals surface area contributed by atoms with Crippen molar-refractivity contribution in [2.75, 3.05) is 7.11 Å². The van der Waals surface area contributed by atoms with Gasteiger partial charge in [-0.1, -0.05) is 48.5 Å². The molecule has 4 nitrogen and oxygen atoms in total. The van der Waals surface area contributed by atoms with Crippen molar-refractivity contribution in [3.05, 3.63) is 83.4 Å². The van der Waals surface area contributed by atoms with Crippen LogP contribution in [0.2, 0.25) is 0 Å². The Bertz CT molecular complexity index is 820. The quantitative estimate of drug-likeness (QED) is 0.290. The highest BCUT2D eigenvalue weighted by molar-refractivity contribution is 6.08. The zero-order chi connectivity index (χ0) is 18.9. The van der Waals surface area contributed by atoms with Crippen LogP contribution >= 0.6 is 0 Å². The molecule has 4 heteroatoms. The Hall–Kier alpha value is -3.01. The van der Waals surface area contributed by atoms with Crippen LogP contribution in [-0.2, 0) is 11.2 Å². The summed E-state index contributed by atoms with van der Waals surface area (Å²) in [5.41, 5.74) is 1.75. The molecule has 0 aliphatic carbocycles. The van der Waals surface area contributed by atoms with Gasteiger partial charge in [-0.3, -0.25) is 9.59 Å². The molecule has 0 aliphatic heterocycles. The van der Waals surface area contributed by atoms with E-state index < -0.39 is 5.97 Å². The molecule has 0 amide bonds. The summed E-state index contributed by atoms with van der Waals surface area (Å²) in [7, 11) is 1.28. The highest BCUT2D eigenvalue weighted by atomic mass is 16.5. The zero-order valence-corrected chi connectivity index (χ0v) is 14.9. The minimum Gasteiger partial charge on any atom is -0.465 e. The SMILES string of the molecule is C=CCCCC(=O)c1ccccc1CC(=O)c1ccccc1C(=O)OC. The van der Waals surface area contributed by atoms with Gasteiger partial charge in [0, 0.05) is 24.0 Å². The predicted octanol–water partition coefficient (Wildman–Crippen LogP) is 4.44. The highest BCUT2D eigenvalue weighted by Gasteiger charge is 2.19. The van der Waals surface area contributed by atoms with Gasteiger partial charge in [0.05, 0.1) is 12.7 Å². The molecule has 2 aromatic rings. The Morgan fingerprint density at radius 1 is 0.923 bits per heavy atom. The third-order valence-electron chi connectivity index (χ3n) is 4.11. The first-order chi connectivity index (χ1) is 12.6. The van der Waals surface area contributed by atoms with Gasteiger partial charge in [0.2, 0.25) is 0 Å². The number of ketones is 2. The second kappa shape index (κ2) is 9.47. The fraction of sp³-hybridized carbons (Fsp3) is 0.227. The average molecular weight is 350 g/mol. The van der Waals surface area contributed by atoms with E-state index in [1.165, 1.54) is 7.11 Å². The number of rotatable bonds is 9. The minimum absolute atomic E-state index is 0.0107. The van der Waals surface area contributed by atoms with E-state index in [9.17, 15) is 14.4 Å². The molecular weight excluding hydrogens is 328 g/mol. The fourth-order valence-corrected chi connectivity index (χ4v) is 2.77. The Labute approximate surface area is 153 Å². The molecule has 0 aromatic heterocycles. The number of ether oxygens (including phenoxy) is 1. The van der Waals surface area contributed by atoms with Crippen molar-refractivity contribution in [3.8, 4) is 0 Å². The van der Waals surface area contributed by atoms with Crippen LogP contribution in [0.15, 0.2) is 61.2 Å². The minimum atomic E-state index is -0.553. The van der Waals surface area contributed by atoms with E-state index in [-0.39, 0.29) is 23.6 Å². The monoisotopic (exact) mass is 350 g/mol. The van der Waals surface area contributed by atoms with Crippen molar-refractivity contribution in [1.82, 2.24) is 0 Å². The number of Topliss-reactive ketones (excluding diaryl/α,β-unsaturated/α-hetero) is 2. The van der Waals surface area contributed by atoms with Crippen LogP contribution in [0.3, 0.4) is 0 Å². The van der Waals surface area contributed by atoms with Gasteiger partial charge in [0.15, 0.2) is 11.6 Å². The van der Waals surface area contributed by atoms with E-state index in [0.717, 1.165) is 12.8 Å². The molecule has 134 valence electrons. The number of unbranched alkanes of at least 4 members (excludes halogenated alkanes) is 1. The number of allylic oxidation sites excluding steroid dienone is 1. The predicted molar refractivity (Wildman–Crippen MR) is 101 cm³/mol. The Morgan fingerprint density at radius 3 is 2.19 bits per heavy atom. The van der Waals surface area contributed by atoms with Crippen molar-refractivity contribution in [3.63, 3.8) is 0 Å². The number of methoxy groups -OCH3 is 1. The third-order valence-corrected chi connectivity index (χ3v) is 4.11. The van der Waals surface area contributed by atoms with Crippen LogP contribution in [0.1, 0.15) is 55.9 Å². The summed E-state index contributed by atoms with van der Waals surface area (Å²) in [5.74, 6) is -0.767. The van der Waals surface area contributed by atoms with Crippen molar-refractivity contribution >= 4 is 17.5 Å². The lowest BCUT2D eigenvalue weighted by atomic mass is 9.93. The maximum atomic E-state index is 12.8. The van der Waals surface area contributed by atoms with Crippen molar-refractivity contribution < 1.29 is 19.1 Å². The molecule has 2 aromatic carbocycles. The molecule has 0 N–H and O–H groups in total. The van der Waals surface area contributed by atoms with E-state index in [0.29, 0.717) is 23.1 Å². The second-order valence-electron chi connectivity index (χ2n) is 5.90. The molecule has 0 heterocycles. The molecule has 0 saturated heterocycles. The van der Waals surface area contributed by atoms with Gasteiger partial charge >= 0.3 is 5.97 Å². The van der Waals surface area contributed by atoms with Crippen LogP contribution in [0.5, 0.6) is 0 Å². The largest absolute Gasteiger partial charge is 0.465 e. The topological polar surface area (TPSA) is 60.4 Å².